The summed E-state index contributed by atoms with van der Waals surface area (Å²) in [4.78, 5) is 2.18. The number of hydrogen-bond donors (Lipinski definition) is 1. The summed E-state index contributed by atoms with van der Waals surface area (Å²) in [5.41, 5.74) is 2.16. The molecule has 0 bridgehead atoms. The second kappa shape index (κ2) is 4.60. The molecule has 1 aromatic rings. The number of rotatable bonds is 1. The van der Waals surface area contributed by atoms with E-state index in [-0.39, 0.29) is 5.82 Å². The molecule has 1 aliphatic rings. The standard InChI is InChI=1S/C12H16ClFN2/c1-8-10(13)7-11(9(2)12(8)14)16-5-3-15-4-6-16/h7,15H,3-6H2,1-2H3. The lowest BCUT2D eigenvalue weighted by Gasteiger charge is -2.31. The highest BCUT2D eigenvalue weighted by atomic mass is 35.5. The Morgan fingerprint density at radius 2 is 1.88 bits per heavy atom. The minimum Gasteiger partial charge on any atom is -0.369 e. The van der Waals surface area contributed by atoms with Crippen molar-refractivity contribution in [3.8, 4) is 0 Å². The van der Waals surface area contributed by atoms with Crippen LogP contribution in [0.15, 0.2) is 6.07 Å². The Labute approximate surface area is 100 Å². The zero-order valence-corrected chi connectivity index (χ0v) is 10.4. The van der Waals surface area contributed by atoms with E-state index < -0.39 is 0 Å². The molecule has 1 aromatic carbocycles. The normalized spacial score (nSPS) is 16.6. The number of hydrogen-bond acceptors (Lipinski definition) is 2. The van der Waals surface area contributed by atoms with Gasteiger partial charge in [0.1, 0.15) is 5.82 Å². The van der Waals surface area contributed by atoms with Crippen LogP contribution in [0.5, 0.6) is 0 Å². The summed E-state index contributed by atoms with van der Waals surface area (Å²) in [6.07, 6.45) is 0. The number of halogens is 2. The minimum atomic E-state index is -0.180. The molecule has 1 aliphatic heterocycles. The highest BCUT2D eigenvalue weighted by Crippen LogP contribution is 2.30. The molecule has 0 unspecified atom stereocenters. The first kappa shape index (κ1) is 11.7. The monoisotopic (exact) mass is 242 g/mol. The average Bonchev–Trinajstić information content (AvgIpc) is 2.32. The molecule has 2 nitrogen and oxygen atoms in total. The SMILES string of the molecule is Cc1c(Cl)cc(N2CCNCC2)c(C)c1F. The van der Waals surface area contributed by atoms with Gasteiger partial charge in [0.2, 0.25) is 0 Å². The van der Waals surface area contributed by atoms with Crippen molar-refractivity contribution < 1.29 is 4.39 Å². The molecule has 1 fully saturated rings. The van der Waals surface area contributed by atoms with Crippen molar-refractivity contribution in [1.82, 2.24) is 5.32 Å². The predicted molar refractivity (Wildman–Crippen MR) is 66.0 cm³/mol. The fraction of sp³-hybridized carbons (Fsp3) is 0.500. The van der Waals surface area contributed by atoms with E-state index in [4.69, 9.17) is 11.6 Å². The number of anilines is 1. The van der Waals surface area contributed by atoms with E-state index >= 15 is 0 Å². The Morgan fingerprint density at radius 1 is 1.25 bits per heavy atom. The average molecular weight is 243 g/mol. The molecule has 0 aliphatic carbocycles. The Hall–Kier alpha value is -0.800. The first-order valence-corrected chi connectivity index (χ1v) is 5.90. The van der Waals surface area contributed by atoms with Gasteiger partial charge < -0.3 is 10.2 Å². The van der Waals surface area contributed by atoms with Crippen molar-refractivity contribution in [2.45, 2.75) is 13.8 Å². The maximum absolute atomic E-state index is 13.9. The molecule has 1 N–H and O–H groups in total. The quantitative estimate of drug-likeness (QED) is 0.814. The van der Waals surface area contributed by atoms with Crippen molar-refractivity contribution in [2.75, 3.05) is 31.1 Å². The first-order chi connectivity index (χ1) is 7.61. The van der Waals surface area contributed by atoms with E-state index in [1.54, 1.807) is 6.92 Å². The van der Waals surface area contributed by atoms with Gasteiger partial charge in [-0.3, -0.25) is 0 Å². The number of nitrogens with zero attached hydrogens (tertiary/aromatic N) is 1. The van der Waals surface area contributed by atoms with Gasteiger partial charge in [0.25, 0.3) is 0 Å². The molecular weight excluding hydrogens is 227 g/mol. The fourth-order valence-corrected chi connectivity index (χ4v) is 2.26. The summed E-state index contributed by atoms with van der Waals surface area (Å²) in [5.74, 6) is -0.180. The molecule has 0 aromatic heterocycles. The first-order valence-electron chi connectivity index (χ1n) is 5.52. The summed E-state index contributed by atoms with van der Waals surface area (Å²) < 4.78 is 13.9. The van der Waals surface area contributed by atoms with E-state index in [1.165, 1.54) is 0 Å². The maximum Gasteiger partial charge on any atom is 0.132 e. The van der Waals surface area contributed by atoms with E-state index in [2.05, 4.69) is 10.2 Å². The minimum absolute atomic E-state index is 0.180. The van der Waals surface area contributed by atoms with E-state index in [9.17, 15) is 4.39 Å². The van der Waals surface area contributed by atoms with Gasteiger partial charge in [0.05, 0.1) is 0 Å². The molecule has 2 rings (SSSR count). The third-order valence-electron chi connectivity index (χ3n) is 3.12. The van der Waals surface area contributed by atoms with Crippen LogP contribution in [0.4, 0.5) is 10.1 Å². The maximum atomic E-state index is 13.9. The lowest BCUT2D eigenvalue weighted by Crippen LogP contribution is -2.43. The van der Waals surface area contributed by atoms with Crippen LogP contribution in [0.25, 0.3) is 0 Å². The summed E-state index contributed by atoms with van der Waals surface area (Å²) in [5, 5.41) is 3.79. The lowest BCUT2D eigenvalue weighted by molar-refractivity contribution is 0.579. The second-order valence-electron chi connectivity index (χ2n) is 4.18. The van der Waals surface area contributed by atoms with Gasteiger partial charge >= 0.3 is 0 Å². The number of nitrogens with one attached hydrogen (secondary N) is 1. The molecule has 88 valence electrons. The summed E-state index contributed by atoms with van der Waals surface area (Å²) in [6.45, 7) is 7.21. The van der Waals surface area contributed by atoms with E-state index in [0.29, 0.717) is 16.1 Å². The van der Waals surface area contributed by atoms with E-state index in [0.717, 1.165) is 31.9 Å². The van der Waals surface area contributed by atoms with Gasteiger partial charge in [0, 0.05) is 48.0 Å². The van der Waals surface area contributed by atoms with Crippen molar-refractivity contribution in [3.63, 3.8) is 0 Å². The molecule has 0 saturated carbocycles. The molecule has 1 saturated heterocycles. The molecule has 0 radical (unpaired) electrons. The Kier molecular flexibility index (Phi) is 3.36. The van der Waals surface area contributed by atoms with Crippen LogP contribution >= 0.6 is 11.6 Å². The van der Waals surface area contributed by atoms with Gasteiger partial charge in [0.15, 0.2) is 0 Å². The van der Waals surface area contributed by atoms with Crippen molar-refractivity contribution >= 4 is 17.3 Å². The molecule has 0 atom stereocenters. The smallest absolute Gasteiger partial charge is 0.132 e. The van der Waals surface area contributed by atoms with E-state index in [1.807, 2.05) is 13.0 Å². The molecule has 0 amide bonds. The van der Waals surface area contributed by atoms with Gasteiger partial charge in [-0.1, -0.05) is 11.6 Å². The fourth-order valence-electron chi connectivity index (χ4n) is 2.07. The van der Waals surface area contributed by atoms with Crippen LogP contribution in [-0.2, 0) is 0 Å². The largest absolute Gasteiger partial charge is 0.369 e. The topological polar surface area (TPSA) is 15.3 Å². The predicted octanol–water partition coefficient (Wildman–Crippen LogP) is 2.51. The van der Waals surface area contributed by atoms with Gasteiger partial charge in [-0.2, -0.15) is 0 Å². The summed E-state index contributed by atoms with van der Waals surface area (Å²) >= 11 is 6.03. The number of piperazine rings is 1. The van der Waals surface area contributed by atoms with Crippen LogP contribution < -0.4 is 10.2 Å². The van der Waals surface area contributed by atoms with Crippen molar-refractivity contribution in [3.05, 3.63) is 28.0 Å². The van der Waals surface area contributed by atoms with Crippen molar-refractivity contribution in [2.24, 2.45) is 0 Å². The molecule has 4 heteroatoms. The second-order valence-corrected chi connectivity index (χ2v) is 4.59. The Bertz CT molecular complexity index is 400. The molecule has 0 spiro atoms. The third kappa shape index (κ3) is 2.02. The van der Waals surface area contributed by atoms with Crippen LogP contribution in [0.2, 0.25) is 5.02 Å². The number of benzene rings is 1. The third-order valence-corrected chi connectivity index (χ3v) is 3.51. The lowest BCUT2D eigenvalue weighted by atomic mass is 10.1. The summed E-state index contributed by atoms with van der Waals surface area (Å²) in [6, 6.07) is 1.88. The highest BCUT2D eigenvalue weighted by molar-refractivity contribution is 6.31. The highest BCUT2D eigenvalue weighted by Gasteiger charge is 2.17. The summed E-state index contributed by atoms with van der Waals surface area (Å²) in [7, 11) is 0. The van der Waals surface area contributed by atoms with Crippen molar-refractivity contribution in [1.29, 1.82) is 0 Å². The Morgan fingerprint density at radius 3 is 2.50 bits per heavy atom. The molecule has 1 heterocycles. The van der Waals surface area contributed by atoms with Crippen LogP contribution in [0.3, 0.4) is 0 Å². The van der Waals surface area contributed by atoms with Crippen LogP contribution in [-0.4, -0.2) is 26.2 Å². The van der Waals surface area contributed by atoms with Crippen LogP contribution in [0, 0.1) is 19.7 Å². The molecular formula is C12H16ClFN2. The van der Waals surface area contributed by atoms with Gasteiger partial charge in [-0.25, -0.2) is 4.39 Å². The van der Waals surface area contributed by atoms with Gasteiger partial charge in [-0.15, -0.1) is 0 Å². The Balaban J connectivity index is 2.40. The molecule has 16 heavy (non-hydrogen) atoms. The van der Waals surface area contributed by atoms with Crippen LogP contribution in [0.1, 0.15) is 11.1 Å². The zero-order valence-electron chi connectivity index (χ0n) is 9.61. The van der Waals surface area contributed by atoms with Gasteiger partial charge in [-0.05, 0) is 19.9 Å². The zero-order chi connectivity index (χ0) is 11.7.